The van der Waals surface area contributed by atoms with Gasteiger partial charge in [0.25, 0.3) is 0 Å². The third-order valence-electron chi connectivity index (χ3n) is 2.62. The minimum atomic E-state index is -0.661. The molecule has 0 fully saturated rings. The summed E-state index contributed by atoms with van der Waals surface area (Å²) in [5.41, 5.74) is 2.77. The minimum absolute atomic E-state index is 0.661. The van der Waals surface area contributed by atoms with Crippen molar-refractivity contribution >= 4 is 27.3 Å². The van der Waals surface area contributed by atoms with Crippen molar-refractivity contribution < 1.29 is 9.84 Å². The molecule has 1 aromatic heterocycles. The van der Waals surface area contributed by atoms with Crippen molar-refractivity contribution in [1.29, 1.82) is 0 Å². The lowest BCUT2D eigenvalue weighted by atomic mass is 10.0. The Hall–Kier alpha value is -0.840. The van der Waals surface area contributed by atoms with Crippen LogP contribution in [-0.2, 0) is 0 Å². The molecular weight excluding hydrogens is 300 g/mol. The topological polar surface area (TPSA) is 29.5 Å². The van der Waals surface area contributed by atoms with Gasteiger partial charge in [0.2, 0.25) is 0 Å². The van der Waals surface area contributed by atoms with E-state index in [4.69, 9.17) is 4.74 Å². The van der Waals surface area contributed by atoms with E-state index in [1.54, 1.807) is 18.4 Å². The van der Waals surface area contributed by atoms with Gasteiger partial charge in [-0.15, -0.1) is 0 Å². The van der Waals surface area contributed by atoms with E-state index in [0.29, 0.717) is 0 Å². The quantitative estimate of drug-likeness (QED) is 0.931. The first-order valence-corrected chi connectivity index (χ1v) is 6.91. The van der Waals surface area contributed by atoms with Crippen molar-refractivity contribution in [2.75, 3.05) is 7.11 Å². The third kappa shape index (κ3) is 2.54. The number of hydrogen-bond donors (Lipinski definition) is 1. The normalized spacial score (nSPS) is 12.5. The van der Waals surface area contributed by atoms with E-state index in [2.05, 4.69) is 15.9 Å². The molecule has 2 rings (SSSR count). The molecule has 0 saturated heterocycles. The lowest BCUT2D eigenvalue weighted by Gasteiger charge is -2.15. The number of rotatable bonds is 3. The maximum Gasteiger partial charge on any atom is 0.125 e. The summed E-state index contributed by atoms with van der Waals surface area (Å²) in [4.78, 5) is 0. The van der Waals surface area contributed by atoms with Crippen molar-refractivity contribution in [3.63, 3.8) is 0 Å². The van der Waals surface area contributed by atoms with Crippen LogP contribution in [0.15, 0.2) is 33.4 Å². The van der Waals surface area contributed by atoms with Crippen molar-refractivity contribution in [3.05, 3.63) is 50.1 Å². The molecule has 1 N–H and O–H groups in total. The first-order chi connectivity index (χ1) is 8.13. The van der Waals surface area contributed by atoms with E-state index in [1.165, 1.54) is 0 Å². The van der Waals surface area contributed by atoms with E-state index < -0.39 is 6.10 Å². The Kier molecular flexibility index (Phi) is 3.86. The van der Waals surface area contributed by atoms with Crippen molar-refractivity contribution in [3.8, 4) is 5.75 Å². The van der Waals surface area contributed by atoms with Crippen LogP contribution in [0.2, 0.25) is 0 Å². The molecule has 1 atom stereocenters. The van der Waals surface area contributed by atoms with Gasteiger partial charge in [0.15, 0.2) is 0 Å². The van der Waals surface area contributed by atoms with Gasteiger partial charge >= 0.3 is 0 Å². The zero-order chi connectivity index (χ0) is 12.4. The summed E-state index contributed by atoms with van der Waals surface area (Å²) in [6.45, 7) is 2.00. The van der Waals surface area contributed by atoms with Crippen LogP contribution < -0.4 is 4.74 Å². The highest BCUT2D eigenvalue weighted by atomic mass is 79.9. The number of hydrogen-bond acceptors (Lipinski definition) is 3. The highest BCUT2D eigenvalue weighted by molar-refractivity contribution is 9.10. The van der Waals surface area contributed by atoms with Crippen LogP contribution in [-0.4, -0.2) is 12.2 Å². The lowest BCUT2D eigenvalue weighted by Crippen LogP contribution is -2.02. The summed E-state index contributed by atoms with van der Waals surface area (Å²) in [7, 11) is 1.62. The molecule has 0 amide bonds. The number of halogens is 1. The van der Waals surface area contributed by atoms with Crippen LogP contribution >= 0.6 is 27.3 Å². The monoisotopic (exact) mass is 312 g/mol. The molecule has 90 valence electrons. The molecule has 0 aliphatic carbocycles. The van der Waals surface area contributed by atoms with Gasteiger partial charge in [-0.3, -0.25) is 0 Å². The molecule has 0 saturated carbocycles. The standard InChI is InChI=1S/C13H13BrO2S/c1-8-3-4-9(12(5-8)16-2)13(15)10-6-17-7-11(10)14/h3-7,13,15H,1-2H3. The molecule has 0 aliphatic rings. The molecule has 1 heterocycles. The number of aryl methyl sites for hydroxylation is 1. The first-order valence-electron chi connectivity index (χ1n) is 5.17. The Labute approximate surface area is 113 Å². The zero-order valence-electron chi connectivity index (χ0n) is 9.61. The largest absolute Gasteiger partial charge is 0.496 e. The molecule has 1 unspecified atom stereocenters. The number of aliphatic hydroxyl groups excluding tert-OH is 1. The van der Waals surface area contributed by atoms with E-state index in [-0.39, 0.29) is 0 Å². The molecule has 1 aromatic carbocycles. The molecule has 0 spiro atoms. The second kappa shape index (κ2) is 5.21. The van der Waals surface area contributed by atoms with Gasteiger partial charge in [0.1, 0.15) is 11.9 Å². The van der Waals surface area contributed by atoms with Gasteiger partial charge in [-0.1, -0.05) is 12.1 Å². The van der Waals surface area contributed by atoms with Crippen molar-refractivity contribution in [2.45, 2.75) is 13.0 Å². The van der Waals surface area contributed by atoms with E-state index >= 15 is 0 Å². The molecule has 0 aliphatic heterocycles. The summed E-state index contributed by atoms with van der Waals surface area (Å²) < 4.78 is 6.24. The Bertz CT molecular complexity index is 522. The maximum atomic E-state index is 10.4. The summed E-state index contributed by atoms with van der Waals surface area (Å²) >= 11 is 4.99. The Morgan fingerprint density at radius 1 is 1.29 bits per heavy atom. The Morgan fingerprint density at radius 2 is 2.06 bits per heavy atom. The van der Waals surface area contributed by atoms with Crippen LogP contribution in [0, 0.1) is 6.92 Å². The fraction of sp³-hybridized carbons (Fsp3) is 0.231. The van der Waals surface area contributed by atoms with Crippen molar-refractivity contribution in [1.82, 2.24) is 0 Å². The smallest absolute Gasteiger partial charge is 0.125 e. The highest BCUT2D eigenvalue weighted by Crippen LogP contribution is 2.35. The van der Waals surface area contributed by atoms with Gasteiger partial charge in [0.05, 0.1) is 7.11 Å². The molecule has 2 nitrogen and oxygen atoms in total. The van der Waals surface area contributed by atoms with Crippen molar-refractivity contribution in [2.24, 2.45) is 0 Å². The van der Waals surface area contributed by atoms with Crippen LogP contribution in [0.5, 0.6) is 5.75 Å². The summed E-state index contributed by atoms with van der Waals surface area (Å²) in [6.07, 6.45) is -0.661. The number of methoxy groups -OCH3 is 1. The number of aliphatic hydroxyl groups is 1. The van der Waals surface area contributed by atoms with Crippen LogP contribution in [0.1, 0.15) is 22.8 Å². The molecule has 0 radical (unpaired) electrons. The first kappa shape index (κ1) is 12.6. The average Bonchev–Trinajstić information content (AvgIpc) is 2.74. The fourth-order valence-corrected chi connectivity index (χ4v) is 3.23. The number of thiophene rings is 1. The predicted octanol–water partition coefficient (Wildman–Crippen LogP) is 3.91. The maximum absolute atomic E-state index is 10.4. The molecule has 17 heavy (non-hydrogen) atoms. The highest BCUT2D eigenvalue weighted by Gasteiger charge is 2.18. The molecule has 2 aromatic rings. The predicted molar refractivity (Wildman–Crippen MR) is 73.8 cm³/mol. The zero-order valence-corrected chi connectivity index (χ0v) is 12.0. The fourth-order valence-electron chi connectivity index (χ4n) is 1.70. The van der Waals surface area contributed by atoms with Gasteiger partial charge in [-0.05, 0) is 39.9 Å². The Balaban J connectivity index is 2.44. The van der Waals surface area contributed by atoms with E-state index in [0.717, 1.165) is 26.9 Å². The van der Waals surface area contributed by atoms with Gasteiger partial charge in [-0.2, -0.15) is 11.3 Å². The second-order valence-corrected chi connectivity index (χ2v) is 5.42. The summed E-state index contributed by atoms with van der Waals surface area (Å²) in [5.74, 6) is 0.718. The van der Waals surface area contributed by atoms with Gasteiger partial charge < -0.3 is 9.84 Å². The van der Waals surface area contributed by atoms with E-state index in [9.17, 15) is 5.11 Å². The minimum Gasteiger partial charge on any atom is -0.496 e. The summed E-state index contributed by atoms with van der Waals surface area (Å²) in [5, 5.41) is 14.3. The molecular formula is C13H13BrO2S. The number of ether oxygens (including phenoxy) is 1. The number of benzene rings is 1. The second-order valence-electron chi connectivity index (χ2n) is 3.82. The van der Waals surface area contributed by atoms with Crippen LogP contribution in [0.4, 0.5) is 0 Å². The Morgan fingerprint density at radius 3 is 2.65 bits per heavy atom. The van der Waals surface area contributed by atoms with Crippen LogP contribution in [0.3, 0.4) is 0 Å². The van der Waals surface area contributed by atoms with Crippen LogP contribution in [0.25, 0.3) is 0 Å². The molecule has 4 heteroatoms. The summed E-state index contributed by atoms with van der Waals surface area (Å²) in [6, 6.07) is 5.81. The van der Waals surface area contributed by atoms with Gasteiger partial charge in [0, 0.05) is 21.0 Å². The third-order valence-corrected chi connectivity index (χ3v) is 4.37. The van der Waals surface area contributed by atoms with E-state index in [1.807, 2.05) is 35.9 Å². The average molecular weight is 313 g/mol. The molecule has 0 bridgehead atoms. The lowest BCUT2D eigenvalue weighted by molar-refractivity contribution is 0.214. The van der Waals surface area contributed by atoms with Gasteiger partial charge in [-0.25, -0.2) is 0 Å². The SMILES string of the molecule is COc1cc(C)ccc1C(O)c1cscc1Br.